The van der Waals surface area contributed by atoms with Crippen LogP contribution in [0.4, 0.5) is 13.2 Å². The molecule has 0 radical (unpaired) electrons. The van der Waals surface area contributed by atoms with Crippen molar-refractivity contribution >= 4 is 65.4 Å². The number of alkyl halides is 3. The second-order valence-corrected chi connectivity index (χ2v) is 18.3. The van der Waals surface area contributed by atoms with Crippen LogP contribution in [0.25, 0.3) is 128 Å². The molecule has 14 aromatic rings. The number of benzene rings is 10. The highest BCUT2D eigenvalue weighted by Gasteiger charge is 2.30. The van der Waals surface area contributed by atoms with Gasteiger partial charge in [0, 0.05) is 60.4 Å². The third-order valence-corrected chi connectivity index (χ3v) is 14.1. The molecule has 0 aliphatic rings. The zero-order valence-corrected chi connectivity index (χ0v) is 38.8. The molecule has 0 saturated heterocycles. The van der Waals surface area contributed by atoms with Gasteiger partial charge in [-0.3, -0.25) is 0 Å². The molecule has 73 heavy (non-hydrogen) atoms. The van der Waals surface area contributed by atoms with Crippen LogP contribution in [-0.2, 0) is 6.18 Å². The molecule has 4 aromatic heterocycles. The standard InChI is InChI=1S/C64H39F3N6/c65-64(66,67)44-30-27-40(28-31-44)43-29-34-51(63-69-61(41-15-3-1-4-16-41)68-62(70-63)42-17-5-2-6-18-42)60(37-43)73-58-35-32-45(71-54-23-11-7-19-47(54)48-20-8-12-24-55(48)71)38-52(58)53-39-46(33-36-59(53)73)72-56-25-13-9-21-49(56)50-22-10-14-26-57(50)72/h1-39H. The van der Waals surface area contributed by atoms with Crippen LogP contribution in [0.5, 0.6) is 0 Å². The zero-order chi connectivity index (χ0) is 48.8. The molecule has 9 heteroatoms. The van der Waals surface area contributed by atoms with Crippen molar-refractivity contribution < 1.29 is 13.2 Å². The summed E-state index contributed by atoms with van der Waals surface area (Å²) in [6, 6.07) is 78.4. The summed E-state index contributed by atoms with van der Waals surface area (Å²) in [5.41, 5.74) is 12.0. The Morgan fingerprint density at radius 2 is 0.671 bits per heavy atom. The smallest absolute Gasteiger partial charge is 0.309 e. The number of halogens is 3. The summed E-state index contributed by atoms with van der Waals surface area (Å²) in [5.74, 6) is 1.47. The maximum Gasteiger partial charge on any atom is 0.416 e. The first-order chi connectivity index (χ1) is 35.8. The minimum Gasteiger partial charge on any atom is -0.309 e. The number of rotatable bonds is 7. The molecule has 6 nitrogen and oxygen atoms in total. The Balaban J connectivity index is 1.08. The average molecular weight is 949 g/mol. The molecule has 0 aliphatic heterocycles. The summed E-state index contributed by atoms with van der Waals surface area (Å²) in [6.45, 7) is 0. The van der Waals surface area contributed by atoms with E-state index in [1.54, 1.807) is 0 Å². The predicted octanol–water partition coefficient (Wildman–Crippen LogP) is 16.8. The Morgan fingerprint density at radius 1 is 0.288 bits per heavy atom. The van der Waals surface area contributed by atoms with Gasteiger partial charge in [-0.2, -0.15) is 13.2 Å². The molecule has 4 heterocycles. The van der Waals surface area contributed by atoms with E-state index in [-0.39, 0.29) is 0 Å². The van der Waals surface area contributed by atoms with Gasteiger partial charge < -0.3 is 13.7 Å². The van der Waals surface area contributed by atoms with Crippen LogP contribution in [0.15, 0.2) is 237 Å². The van der Waals surface area contributed by atoms with Gasteiger partial charge in [-0.1, -0.05) is 152 Å². The van der Waals surface area contributed by atoms with Gasteiger partial charge >= 0.3 is 6.18 Å². The molecular weight excluding hydrogens is 910 g/mol. The van der Waals surface area contributed by atoms with Crippen molar-refractivity contribution in [3.8, 4) is 62.4 Å². The van der Waals surface area contributed by atoms with Crippen molar-refractivity contribution in [2.45, 2.75) is 6.18 Å². The van der Waals surface area contributed by atoms with E-state index in [2.05, 4.69) is 147 Å². The zero-order valence-electron chi connectivity index (χ0n) is 38.8. The molecule has 0 atom stereocenters. The Labute approximate surface area is 416 Å². The van der Waals surface area contributed by atoms with Gasteiger partial charge in [0.15, 0.2) is 17.5 Å². The van der Waals surface area contributed by atoms with Crippen molar-refractivity contribution in [2.75, 3.05) is 0 Å². The van der Waals surface area contributed by atoms with Gasteiger partial charge in [-0.15, -0.1) is 0 Å². The first kappa shape index (κ1) is 42.3. The second kappa shape index (κ2) is 16.5. The Hall–Kier alpha value is -9.60. The van der Waals surface area contributed by atoms with E-state index in [0.717, 1.165) is 89.8 Å². The Bertz CT molecular complexity index is 4140. The first-order valence-corrected chi connectivity index (χ1v) is 24.1. The largest absolute Gasteiger partial charge is 0.416 e. The number of nitrogens with zero attached hydrogens (tertiary/aromatic N) is 6. The van der Waals surface area contributed by atoms with Gasteiger partial charge in [-0.05, 0) is 96.1 Å². The Kier molecular flexibility index (Phi) is 9.56. The summed E-state index contributed by atoms with van der Waals surface area (Å²) in [5, 5.41) is 6.69. The third-order valence-electron chi connectivity index (χ3n) is 14.1. The quantitative estimate of drug-likeness (QED) is 0.160. The van der Waals surface area contributed by atoms with Crippen LogP contribution in [0.2, 0.25) is 0 Å². The summed E-state index contributed by atoms with van der Waals surface area (Å²) in [6.07, 6.45) is -4.47. The van der Waals surface area contributed by atoms with Crippen molar-refractivity contribution in [1.82, 2.24) is 28.7 Å². The third kappa shape index (κ3) is 6.92. The molecule has 0 fully saturated rings. The SMILES string of the molecule is FC(F)(F)c1ccc(-c2ccc(-c3nc(-c4ccccc4)nc(-c4ccccc4)n3)c(-n3c4ccc(-n5c6ccccc6c6ccccc65)cc4c4cc(-n5c6ccccc6c6ccccc65)ccc43)c2)cc1. The molecule has 0 bridgehead atoms. The van der Waals surface area contributed by atoms with Crippen molar-refractivity contribution in [1.29, 1.82) is 0 Å². The van der Waals surface area contributed by atoms with Gasteiger partial charge in [0.2, 0.25) is 0 Å². The minimum atomic E-state index is -4.47. The predicted molar refractivity (Wildman–Crippen MR) is 290 cm³/mol. The van der Waals surface area contributed by atoms with Crippen molar-refractivity contribution in [2.24, 2.45) is 0 Å². The van der Waals surface area contributed by atoms with E-state index in [4.69, 9.17) is 15.0 Å². The highest BCUT2D eigenvalue weighted by atomic mass is 19.4. The van der Waals surface area contributed by atoms with Crippen LogP contribution < -0.4 is 0 Å². The summed E-state index contributed by atoms with van der Waals surface area (Å²) < 4.78 is 48.7. The van der Waals surface area contributed by atoms with Crippen LogP contribution in [0, 0.1) is 0 Å². The molecule has 346 valence electrons. The van der Waals surface area contributed by atoms with E-state index < -0.39 is 11.7 Å². The molecule has 0 saturated carbocycles. The van der Waals surface area contributed by atoms with Gasteiger partial charge in [0.25, 0.3) is 0 Å². The number of hydrogen-bond acceptors (Lipinski definition) is 3. The van der Waals surface area contributed by atoms with E-state index >= 15 is 0 Å². The molecule has 0 unspecified atom stereocenters. The van der Waals surface area contributed by atoms with Gasteiger partial charge in [-0.25, -0.2) is 15.0 Å². The monoisotopic (exact) mass is 948 g/mol. The van der Waals surface area contributed by atoms with E-state index in [1.165, 1.54) is 33.7 Å². The lowest BCUT2D eigenvalue weighted by molar-refractivity contribution is -0.137. The molecule has 0 aliphatic carbocycles. The number of fused-ring (bicyclic) bond motifs is 9. The fourth-order valence-corrected chi connectivity index (χ4v) is 10.8. The first-order valence-electron chi connectivity index (χ1n) is 24.1. The van der Waals surface area contributed by atoms with Crippen LogP contribution in [0.1, 0.15) is 5.56 Å². The molecule has 14 rings (SSSR count). The number of hydrogen-bond donors (Lipinski definition) is 0. The normalized spacial score (nSPS) is 12.0. The van der Waals surface area contributed by atoms with Gasteiger partial charge in [0.1, 0.15) is 0 Å². The topological polar surface area (TPSA) is 53.5 Å². The van der Waals surface area contributed by atoms with E-state index in [0.29, 0.717) is 28.6 Å². The molecular formula is C64H39F3N6. The number of para-hydroxylation sites is 4. The molecule has 0 N–H and O–H groups in total. The summed E-state index contributed by atoms with van der Waals surface area (Å²) in [4.78, 5) is 15.4. The second-order valence-electron chi connectivity index (χ2n) is 18.3. The van der Waals surface area contributed by atoms with Crippen molar-refractivity contribution in [3.05, 3.63) is 242 Å². The lowest BCUT2D eigenvalue weighted by Crippen LogP contribution is -2.05. The summed E-state index contributed by atoms with van der Waals surface area (Å²) >= 11 is 0. The molecule has 10 aromatic carbocycles. The van der Waals surface area contributed by atoms with E-state index in [1.807, 2.05) is 78.9 Å². The van der Waals surface area contributed by atoms with Crippen LogP contribution in [0.3, 0.4) is 0 Å². The molecule has 0 spiro atoms. The van der Waals surface area contributed by atoms with Crippen LogP contribution >= 0.6 is 0 Å². The Morgan fingerprint density at radius 3 is 1.11 bits per heavy atom. The van der Waals surface area contributed by atoms with Gasteiger partial charge in [0.05, 0.1) is 44.4 Å². The van der Waals surface area contributed by atoms with E-state index in [9.17, 15) is 13.2 Å². The van der Waals surface area contributed by atoms with Crippen LogP contribution in [-0.4, -0.2) is 28.7 Å². The maximum absolute atomic E-state index is 13.9. The van der Waals surface area contributed by atoms with Crippen molar-refractivity contribution in [3.63, 3.8) is 0 Å². The fraction of sp³-hybridized carbons (Fsp3) is 0.0156. The average Bonchev–Trinajstić information content (AvgIpc) is 4.09. The fourth-order valence-electron chi connectivity index (χ4n) is 10.8. The maximum atomic E-state index is 13.9. The minimum absolute atomic E-state index is 0.445. The molecule has 0 amide bonds. The highest BCUT2D eigenvalue weighted by molar-refractivity contribution is 6.14. The highest BCUT2D eigenvalue weighted by Crippen LogP contribution is 2.43. The summed E-state index contributed by atoms with van der Waals surface area (Å²) in [7, 11) is 0. The lowest BCUT2D eigenvalue weighted by atomic mass is 10.00. The number of aromatic nitrogens is 6. The lowest BCUT2D eigenvalue weighted by Gasteiger charge is -2.17.